The van der Waals surface area contributed by atoms with E-state index < -0.39 is 0 Å². The third kappa shape index (κ3) is 1.51. The van der Waals surface area contributed by atoms with E-state index in [-0.39, 0.29) is 0 Å². The topological polar surface area (TPSA) is 80.0 Å². The normalized spacial score (nSPS) is 26.8. The quantitative estimate of drug-likeness (QED) is 0.573. The summed E-state index contributed by atoms with van der Waals surface area (Å²) in [6.45, 7) is 3.39. The molecule has 1 atom stereocenters. The second-order valence-electron chi connectivity index (χ2n) is 3.43. The number of likely N-dealkylation sites (tertiary alicyclic amines) is 1. The molecule has 72 valence electrons. The Balaban J connectivity index is 2.13. The van der Waals surface area contributed by atoms with Crippen molar-refractivity contribution < 1.29 is 0 Å². The first-order chi connectivity index (χ1) is 6.31. The predicted octanol–water partition coefficient (Wildman–Crippen LogP) is -1.01. The Hall–Kier alpha value is -1.10. The van der Waals surface area contributed by atoms with Gasteiger partial charge in [0.05, 0.1) is 6.54 Å². The summed E-state index contributed by atoms with van der Waals surface area (Å²) in [7, 11) is 0. The molecule has 0 bridgehead atoms. The van der Waals surface area contributed by atoms with Crippen molar-refractivity contribution in [2.24, 2.45) is 27.4 Å². The lowest BCUT2D eigenvalue weighted by Crippen LogP contribution is -2.36. The highest BCUT2D eigenvalue weighted by Crippen LogP contribution is 2.21. The van der Waals surface area contributed by atoms with Gasteiger partial charge in [0, 0.05) is 25.6 Å². The largest absolute Gasteiger partial charge is 0.368 e. The number of rotatable bonds is 2. The van der Waals surface area contributed by atoms with Gasteiger partial charge in [-0.1, -0.05) is 0 Å². The van der Waals surface area contributed by atoms with Gasteiger partial charge >= 0.3 is 0 Å². The van der Waals surface area contributed by atoms with Crippen LogP contribution in [0, 0.1) is 5.92 Å². The smallest absolute Gasteiger partial charge is 0.217 e. The molecule has 1 fully saturated rings. The summed E-state index contributed by atoms with van der Waals surface area (Å²) in [6, 6.07) is 0. The van der Waals surface area contributed by atoms with E-state index >= 15 is 0 Å². The lowest BCUT2D eigenvalue weighted by atomic mass is 10.1. The van der Waals surface area contributed by atoms with E-state index in [1.807, 2.05) is 0 Å². The molecule has 2 aliphatic rings. The van der Waals surface area contributed by atoms with Crippen LogP contribution in [0.15, 0.2) is 9.98 Å². The van der Waals surface area contributed by atoms with Gasteiger partial charge in [0.2, 0.25) is 5.96 Å². The minimum Gasteiger partial charge on any atom is -0.368 e. The Morgan fingerprint density at radius 1 is 1.54 bits per heavy atom. The van der Waals surface area contributed by atoms with Gasteiger partial charge in [-0.2, -0.15) is 0 Å². The molecule has 1 unspecified atom stereocenters. The fourth-order valence-electron chi connectivity index (χ4n) is 1.89. The van der Waals surface area contributed by atoms with Crippen molar-refractivity contribution in [2.45, 2.75) is 6.42 Å². The number of fused-ring (bicyclic) bond motifs is 1. The first kappa shape index (κ1) is 8.50. The zero-order valence-corrected chi connectivity index (χ0v) is 7.61. The summed E-state index contributed by atoms with van der Waals surface area (Å²) in [5, 5.41) is 0. The average Bonchev–Trinajstić information content (AvgIpc) is 2.49. The van der Waals surface area contributed by atoms with Crippen LogP contribution in [0.2, 0.25) is 0 Å². The predicted molar refractivity (Wildman–Crippen MR) is 52.7 cm³/mol. The number of nitrogens with two attached hydrogens (primary N) is 2. The van der Waals surface area contributed by atoms with Crippen LogP contribution in [0.1, 0.15) is 6.42 Å². The van der Waals surface area contributed by atoms with Gasteiger partial charge in [-0.25, -0.2) is 4.99 Å². The maximum Gasteiger partial charge on any atom is 0.217 e. The summed E-state index contributed by atoms with van der Waals surface area (Å²) >= 11 is 0. The fraction of sp³-hybridized carbons (Fsp3) is 0.750. The highest BCUT2D eigenvalue weighted by atomic mass is 15.3. The third-order valence-electron chi connectivity index (χ3n) is 2.54. The van der Waals surface area contributed by atoms with Gasteiger partial charge in [0.1, 0.15) is 5.84 Å². The van der Waals surface area contributed by atoms with E-state index in [2.05, 4.69) is 14.9 Å². The molecule has 0 saturated carbocycles. The second kappa shape index (κ2) is 3.33. The van der Waals surface area contributed by atoms with Crippen molar-refractivity contribution in [3.8, 4) is 0 Å². The lowest BCUT2D eigenvalue weighted by Gasteiger charge is -2.21. The van der Waals surface area contributed by atoms with Gasteiger partial charge < -0.3 is 16.4 Å². The van der Waals surface area contributed by atoms with E-state index in [1.54, 1.807) is 0 Å². The zero-order chi connectivity index (χ0) is 9.26. The molecule has 2 aliphatic heterocycles. The fourth-order valence-corrected chi connectivity index (χ4v) is 1.89. The van der Waals surface area contributed by atoms with Gasteiger partial charge in [0.25, 0.3) is 0 Å². The van der Waals surface area contributed by atoms with Crippen LogP contribution >= 0.6 is 0 Å². The number of guanidine groups is 1. The summed E-state index contributed by atoms with van der Waals surface area (Å²) in [4.78, 5) is 10.6. The Morgan fingerprint density at radius 3 is 3.15 bits per heavy atom. The summed E-state index contributed by atoms with van der Waals surface area (Å²) < 4.78 is 0. The van der Waals surface area contributed by atoms with Crippen LogP contribution in [-0.2, 0) is 0 Å². The zero-order valence-electron chi connectivity index (χ0n) is 7.61. The van der Waals surface area contributed by atoms with Gasteiger partial charge in [-0.15, -0.1) is 0 Å². The molecule has 0 spiro atoms. The van der Waals surface area contributed by atoms with E-state index in [1.165, 1.54) is 0 Å². The minimum absolute atomic E-state index is 0.412. The Labute approximate surface area is 77.5 Å². The Bertz CT molecular complexity index is 255. The molecule has 1 saturated heterocycles. The number of aliphatic imine (C=N–C) groups is 2. The van der Waals surface area contributed by atoms with Gasteiger partial charge in [-0.3, -0.25) is 4.99 Å². The first-order valence-corrected chi connectivity index (χ1v) is 4.65. The molecule has 0 aromatic carbocycles. The monoisotopic (exact) mass is 181 g/mol. The maximum atomic E-state index is 5.55. The van der Waals surface area contributed by atoms with Crippen LogP contribution in [0.3, 0.4) is 0 Å². The summed E-state index contributed by atoms with van der Waals surface area (Å²) in [5.74, 6) is 1.99. The molecule has 0 aliphatic carbocycles. The van der Waals surface area contributed by atoms with Crippen LogP contribution in [0.5, 0.6) is 0 Å². The maximum absolute atomic E-state index is 5.55. The number of nitrogens with zero attached hydrogens (tertiary/aromatic N) is 3. The molecule has 0 radical (unpaired) electrons. The van der Waals surface area contributed by atoms with Crippen molar-refractivity contribution in [2.75, 3.05) is 26.2 Å². The van der Waals surface area contributed by atoms with Crippen molar-refractivity contribution >= 4 is 11.8 Å². The van der Waals surface area contributed by atoms with Crippen molar-refractivity contribution in [3.63, 3.8) is 0 Å². The molecule has 2 rings (SSSR count). The molecular formula is C8H15N5. The van der Waals surface area contributed by atoms with Crippen molar-refractivity contribution in [3.05, 3.63) is 0 Å². The van der Waals surface area contributed by atoms with Crippen molar-refractivity contribution in [1.29, 1.82) is 0 Å². The number of hydrogen-bond acceptors (Lipinski definition) is 5. The van der Waals surface area contributed by atoms with Crippen LogP contribution in [0.25, 0.3) is 0 Å². The first-order valence-electron chi connectivity index (χ1n) is 4.65. The molecule has 5 nitrogen and oxygen atoms in total. The Morgan fingerprint density at radius 2 is 2.38 bits per heavy atom. The van der Waals surface area contributed by atoms with Crippen LogP contribution < -0.4 is 11.5 Å². The van der Waals surface area contributed by atoms with E-state index in [9.17, 15) is 0 Å². The molecule has 5 heteroatoms. The second-order valence-corrected chi connectivity index (χ2v) is 3.43. The summed E-state index contributed by atoms with van der Waals surface area (Å²) in [6.07, 6.45) is 1.13. The lowest BCUT2D eigenvalue weighted by molar-refractivity contribution is 0.464. The minimum atomic E-state index is 0.412. The molecule has 0 aromatic heterocycles. The molecule has 0 amide bonds. The molecule has 13 heavy (non-hydrogen) atoms. The van der Waals surface area contributed by atoms with Crippen LogP contribution in [-0.4, -0.2) is 42.9 Å². The highest BCUT2D eigenvalue weighted by Gasteiger charge is 2.30. The molecular weight excluding hydrogens is 166 g/mol. The van der Waals surface area contributed by atoms with E-state index in [4.69, 9.17) is 11.5 Å². The van der Waals surface area contributed by atoms with Crippen LogP contribution in [0.4, 0.5) is 0 Å². The Kier molecular flexibility index (Phi) is 2.18. The standard InChI is InChI=1S/C8H15N5/c9-2-4-13-3-1-6-5-11-8(10)12-7(6)13/h6H,1-5,9H2,(H2,10,11). The molecule has 2 heterocycles. The number of hydrogen-bond donors (Lipinski definition) is 2. The average molecular weight is 181 g/mol. The van der Waals surface area contributed by atoms with E-state index in [0.29, 0.717) is 18.4 Å². The summed E-state index contributed by atoms with van der Waals surface area (Å²) in [5.41, 5.74) is 11.1. The SMILES string of the molecule is NCCN1CCC2CN=C(N)N=C21. The highest BCUT2D eigenvalue weighted by molar-refractivity contribution is 5.99. The van der Waals surface area contributed by atoms with Gasteiger partial charge in [0.15, 0.2) is 0 Å². The van der Waals surface area contributed by atoms with Crippen molar-refractivity contribution in [1.82, 2.24) is 4.90 Å². The number of amidine groups is 1. The third-order valence-corrected chi connectivity index (χ3v) is 2.54. The molecule has 0 aromatic rings. The molecule has 4 N–H and O–H groups in total. The van der Waals surface area contributed by atoms with Gasteiger partial charge in [-0.05, 0) is 6.42 Å². The van der Waals surface area contributed by atoms with E-state index in [0.717, 1.165) is 31.9 Å².